The zero-order chi connectivity index (χ0) is 4.99. The molecule has 37 valence electrons. The normalized spacial score (nSPS) is 14.5. The maximum absolute atomic E-state index is 9.78. The van der Waals surface area contributed by atoms with E-state index in [2.05, 4.69) is 9.78 Å². The molecule has 0 heterocycles. The third kappa shape index (κ3) is 3.88. The van der Waals surface area contributed by atoms with Crippen LogP contribution in [0.4, 0.5) is 0 Å². The fraction of sp³-hybridized carbons (Fsp3) is 1.00. The van der Waals surface area contributed by atoms with E-state index in [1.165, 1.54) is 14.0 Å². The van der Waals surface area contributed by atoms with Gasteiger partial charge in [-0.2, -0.15) is 5.11 Å². The van der Waals surface area contributed by atoms with Crippen LogP contribution < -0.4 is 0 Å². The van der Waals surface area contributed by atoms with Crippen molar-refractivity contribution < 1.29 is 14.9 Å². The molecule has 0 fully saturated rings. The van der Waals surface area contributed by atoms with Crippen LogP contribution in [0.3, 0.4) is 0 Å². The number of hydrogen-bond acceptors (Lipinski definition) is 2. The minimum absolute atomic E-state index is 1.07. The summed E-state index contributed by atoms with van der Waals surface area (Å²) >= 11 is 0. The molecule has 0 saturated carbocycles. The van der Waals surface area contributed by atoms with E-state index in [-0.39, 0.29) is 0 Å². The van der Waals surface area contributed by atoms with Crippen LogP contribution in [0.15, 0.2) is 0 Å². The van der Waals surface area contributed by atoms with Crippen LogP contribution in [0.2, 0.25) is 0 Å². The van der Waals surface area contributed by atoms with Crippen molar-refractivity contribution in [1.82, 2.24) is 0 Å². The first-order valence-electron chi connectivity index (χ1n) is 1.62. The van der Waals surface area contributed by atoms with Gasteiger partial charge in [-0.15, -0.1) is 0 Å². The Kier molecular flexibility index (Phi) is 3.02. The van der Waals surface area contributed by atoms with E-state index in [1.807, 2.05) is 0 Å². The fourth-order valence-electron chi connectivity index (χ4n) is 0.136. The smallest absolute Gasteiger partial charge is 0.221 e. The van der Waals surface area contributed by atoms with Crippen LogP contribution in [-0.4, -0.2) is 13.4 Å². The van der Waals surface area contributed by atoms with Gasteiger partial charge in [-0.3, -0.25) is 0 Å². The molecule has 0 aliphatic heterocycles. The number of hydrogen-bond donors (Lipinski definition) is 0. The highest BCUT2D eigenvalue weighted by Gasteiger charge is 1.90. The molecular formula is C3H7O3. The molecule has 0 amide bonds. The maximum Gasteiger partial charge on any atom is 0.221 e. The Morgan fingerprint density at radius 1 is 1.67 bits per heavy atom. The summed E-state index contributed by atoms with van der Waals surface area (Å²) in [6.07, 6.45) is -1.07. The highest BCUT2D eigenvalue weighted by molar-refractivity contribution is 4.07. The zero-order valence-electron chi connectivity index (χ0n) is 3.80. The standard InChI is InChI=1S/C3H7O3/c1-3(4)6-5-2/h3H,1-2H3. The molecule has 0 aromatic heterocycles. The van der Waals surface area contributed by atoms with Gasteiger partial charge in [-0.05, 0) is 6.92 Å². The quantitative estimate of drug-likeness (QED) is 0.279. The highest BCUT2D eigenvalue weighted by Crippen LogP contribution is 1.80. The van der Waals surface area contributed by atoms with Crippen LogP contribution in [0.25, 0.3) is 0 Å². The molecule has 0 saturated heterocycles. The lowest BCUT2D eigenvalue weighted by atomic mass is 10.8. The maximum atomic E-state index is 9.78. The van der Waals surface area contributed by atoms with E-state index in [9.17, 15) is 5.11 Å². The summed E-state index contributed by atoms with van der Waals surface area (Å²) in [5, 5.41) is 9.78. The SMILES string of the molecule is COOC(C)[O]. The van der Waals surface area contributed by atoms with E-state index in [4.69, 9.17) is 0 Å². The predicted octanol–water partition coefficient (Wildman–Crippen LogP) is 0.341. The van der Waals surface area contributed by atoms with E-state index >= 15 is 0 Å². The van der Waals surface area contributed by atoms with Gasteiger partial charge in [0.15, 0.2) is 0 Å². The summed E-state index contributed by atoms with van der Waals surface area (Å²) < 4.78 is 0. The molecule has 3 heteroatoms. The molecule has 0 aliphatic carbocycles. The first kappa shape index (κ1) is 5.88. The van der Waals surface area contributed by atoms with Crippen LogP contribution in [0.1, 0.15) is 6.92 Å². The molecule has 1 radical (unpaired) electrons. The van der Waals surface area contributed by atoms with Crippen LogP contribution in [-0.2, 0) is 14.9 Å². The summed E-state index contributed by atoms with van der Waals surface area (Å²) in [5.41, 5.74) is 0. The van der Waals surface area contributed by atoms with Gasteiger partial charge in [0.25, 0.3) is 0 Å². The fourth-order valence-corrected chi connectivity index (χ4v) is 0.136. The molecule has 0 aromatic carbocycles. The monoisotopic (exact) mass is 91.0 g/mol. The van der Waals surface area contributed by atoms with Crippen molar-refractivity contribution in [3.8, 4) is 0 Å². The Morgan fingerprint density at radius 2 is 2.17 bits per heavy atom. The average Bonchev–Trinajstić information content (AvgIpc) is 1.35. The second-order valence-corrected chi connectivity index (χ2v) is 0.831. The summed E-state index contributed by atoms with van der Waals surface area (Å²) in [6, 6.07) is 0. The first-order valence-corrected chi connectivity index (χ1v) is 1.62. The van der Waals surface area contributed by atoms with Gasteiger partial charge in [0, 0.05) is 0 Å². The second kappa shape index (κ2) is 3.08. The molecule has 0 bridgehead atoms. The Labute approximate surface area is 36.4 Å². The van der Waals surface area contributed by atoms with E-state index in [0.717, 1.165) is 0 Å². The van der Waals surface area contributed by atoms with Crippen molar-refractivity contribution in [2.45, 2.75) is 13.2 Å². The largest absolute Gasteiger partial charge is 0.237 e. The van der Waals surface area contributed by atoms with Gasteiger partial charge >= 0.3 is 0 Å². The molecule has 0 spiro atoms. The zero-order valence-corrected chi connectivity index (χ0v) is 3.80. The van der Waals surface area contributed by atoms with Crippen LogP contribution in [0.5, 0.6) is 0 Å². The lowest BCUT2D eigenvalue weighted by molar-refractivity contribution is -0.361. The summed E-state index contributed by atoms with van der Waals surface area (Å²) in [5.74, 6) is 0. The third-order valence-electron chi connectivity index (χ3n) is 0.232. The summed E-state index contributed by atoms with van der Waals surface area (Å²) in [4.78, 5) is 7.98. The number of rotatable bonds is 2. The van der Waals surface area contributed by atoms with Crippen molar-refractivity contribution in [3.63, 3.8) is 0 Å². The molecule has 0 N–H and O–H groups in total. The van der Waals surface area contributed by atoms with Crippen molar-refractivity contribution in [2.24, 2.45) is 0 Å². The van der Waals surface area contributed by atoms with Gasteiger partial charge < -0.3 is 0 Å². The second-order valence-electron chi connectivity index (χ2n) is 0.831. The Bertz CT molecular complexity index is 27.2. The van der Waals surface area contributed by atoms with Gasteiger partial charge in [-0.25, -0.2) is 9.78 Å². The average molecular weight is 91.1 g/mol. The molecule has 0 aromatic rings. The lowest BCUT2D eigenvalue weighted by Gasteiger charge is -1.95. The van der Waals surface area contributed by atoms with Crippen LogP contribution in [0, 0.1) is 0 Å². The molecule has 0 rings (SSSR count). The van der Waals surface area contributed by atoms with Crippen molar-refractivity contribution >= 4 is 0 Å². The molecule has 1 unspecified atom stereocenters. The lowest BCUT2D eigenvalue weighted by Crippen LogP contribution is -2.01. The van der Waals surface area contributed by atoms with Gasteiger partial charge in [0.1, 0.15) is 0 Å². The van der Waals surface area contributed by atoms with Crippen molar-refractivity contribution in [3.05, 3.63) is 0 Å². The summed E-state index contributed by atoms with van der Waals surface area (Å²) in [6.45, 7) is 1.35. The predicted molar refractivity (Wildman–Crippen MR) is 18.2 cm³/mol. The van der Waals surface area contributed by atoms with E-state index in [0.29, 0.717) is 0 Å². The van der Waals surface area contributed by atoms with E-state index in [1.54, 1.807) is 0 Å². The van der Waals surface area contributed by atoms with E-state index < -0.39 is 6.29 Å². The van der Waals surface area contributed by atoms with Gasteiger partial charge in [0.05, 0.1) is 7.11 Å². The van der Waals surface area contributed by atoms with Crippen molar-refractivity contribution in [1.29, 1.82) is 0 Å². The highest BCUT2D eigenvalue weighted by atomic mass is 17.2. The molecular weight excluding hydrogens is 84.0 g/mol. The topological polar surface area (TPSA) is 38.4 Å². The first-order chi connectivity index (χ1) is 2.77. The van der Waals surface area contributed by atoms with Crippen molar-refractivity contribution in [2.75, 3.05) is 7.11 Å². The van der Waals surface area contributed by atoms with Gasteiger partial charge in [0.2, 0.25) is 6.29 Å². The van der Waals surface area contributed by atoms with Gasteiger partial charge in [-0.1, -0.05) is 0 Å². The summed E-state index contributed by atoms with van der Waals surface area (Å²) in [7, 11) is 1.30. The Balaban J connectivity index is 2.63. The third-order valence-corrected chi connectivity index (χ3v) is 0.232. The Morgan fingerprint density at radius 3 is 2.17 bits per heavy atom. The molecule has 3 nitrogen and oxygen atoms in total. The minimum atomic E-state index is -1.07. The molecule has 0 aliphatic rings. The molecule has 6 heavy (non-hydrogen) atoms. The minimum Gasteiger partial charge on any atom is -0.237 e. The van der Waals surface area contributed by atoms with Crippen LogP contribution >= 0.6 is 0 Å². The Hall–Kier alpha value is -0.120. The molecule has 1 atom stereocenters.